The number of hydrogen-bond donors (Lipinski definition) is 0. The minimum absolute atomic E-state index is 0.109. The smallest absolute Gasteiger partial charge is 0.283 e. The summed E-state index contributed by atoms with van der Waals surface area (Å²) in [4.78, 5) is 15.1. The lowest BCUT2D eigenvalue weighted by atomic mass is 9.68. The standard InChI is InChI=1S/C22H27NO3S/c1-6-10-21(11-7-2)22(12-8-3)17-15-19(26-5)18(25-4)14-16(17)9-13-23(22)20(24)27-21/h6-8,12,14-15H,1-2,9-11,13H2,3-5H3/b12-8+/t22-/m1/s1. The number of benzene rings is 1. The molecule has 0 saturated carbocycles. The molecule has 1 fully saturated rings. The van der Waals surface area contributed by atoms with Crippen LogP contribution in [0, 0.1) is 0 Å². The number of carbonyl (C=O) groups is 1. The van der Waals surface area contributed by atoms with Crippen LogP contribution in [-0.2, 0) is 12.0 Å². The summed E-state index contributed by atoms with van der Waals surface area (Å²) in [5.74, 6) is 1.40. The van der Waals surface area contributed by atoms with Gasteiger partial charge in [0.15, 0.2) is 11.5 Å². The van der Waals surface area contributed by atoms with Gasteiger partial charge in [0.25, 0.3) is 5.24 Å². The molecular formula is C22H27NO3S. The Bertz CT molecular complexity index is 791. The van der Waals surface area contributed by atoms with Gasteiger partial charge in [-0.1, -0.05) is 36.1 Å². The zero-order valence-corrected chi connectivity index (χ0v) is 17.1. The highest BCUT2D eigenvalue weighted by molar-refractivity contribution is 8.15. The van der Waals surface area contributed by atoms with Gasteiger partial charge in [-0.05, 0) is 49.4 Å². The molecule has 1 saturated heterocycles. The molecule has 0 radical (unpaired) electrons. The van der Waals surface area contributed by atoms with Gasteiger partial charge in [0.2, 0.25) is 0 Å². The molecule has 0 N–H and O–H groups in total. The maximum absolute atomic E-state index is 13.1. The maximum Gasteiger partial charge on any atom is 0.283 e. The normalized spacial score (nSPS) is 23.1. The quantitative estimate of drug-likeness (QED) is 0.613. The molecule has 1 aromatic rings. The van der Waals surface area contributed by atoms with E-state index >= 15 is 0 Å². The molecular weight excluding hydrogens is 358 g/mol. The van der Waals surface area contributed by atoms with Crippen LogP contribution >= 0.6 is 11.8 Å². The first-order valence-electron chi connectivity index (χ1n) is 9.15. The number of amides is 1. The van der Waals surface area contributed by atoms with Crippen LogP contribution in [0.25, 0.3) is 0 Å². The van der Waals surface area contributed by atoms with E-state index in [1.807, 2.05) is 36.1 Å². The molecule has 0 bridgehead atoms. The first-order valence-corrected chi connectivity index (χ1v) is 9.96. The number of hydrogen-bond acceptors (Lipinski definition) is 4. The molecule has 1 amide bonds. The second-order valence-corrected chi connectivity index (χ2v) is 8.22. The number of methoxy groups -OCH3 is 2. The first kappa shape index (κ1) is 19.6. The van der Waals surface area contributed by atoms with Crippen molar-refractivity contribution in [1.82, 2.24) is 4.90 Å². The number of ether oxygens (including phenoxy) is 2. The summed E-state index contributed by atoms with van der Waals surface area (Å²) >= 11 is 1.41. The van der Waals surface area contributed by atoms with Gasteiger partial charge in [-0.2, -0.15) is 0 Å². The Morgan fingerprint density at radius 1 is 1.19 bits per heavy atom. The molecule has 3 rings (SSSR count). The lowest BCUT2D eigenvalue weighted by molar-refractivity contribution is 0.133. The van der Waals surface area contributed by atoms with Gasteiger partial charge in [-0.25, -0.2) is 0 Å². The molecule has 144 valence electrons. The molecule has 2 heterocycles. The molecule has 27 heavy (non-hydrogen) atoms. The van der Waals surface area contributed by atoms with Crippen molar-refractivity contribution in [2.45, 2.75) is 36.5 Å². The molecule has 0 aromatic heterocycles. The van der Waals surface area contributed by atoms with Gasteiger partial charge in [0.1, 0.15) is 5.54 Å². The van der Waals surface area contributed by atoms with Crippen molar-refractivity contribution >= 4 is 17.0 Å². The predicted octanol–water partition coefficient (Wildman–Crippen LogP) is 5.09. The Morgan fingerprint density at radius 2 is 1.81 bits per heavy atom. The third-order valence-corrected chi connectivity index (χ3v) is 7.03. The number of allylic oxidation sites excluding steroid dienone is 3. The zero-order valence-electron chi connectivity index (χ0n) is 16.3. The van der Waals surface area contributed by atoms with Crippen molar-refractivity contribution in [3.05, 3.63) is 60.7 Å². The van der Waals surface area contributed by atoms with E-state index in [0.717, 1.165) is 17.7 Å². The molecule has 0 spiro atoms. The van der Waals surface area contributed by atoms with E-state index in [-0.39, 0.29) is 5.24 Å². The van der Waals surface area contributed by atoms with Gasteiger partial charge < -0.3 is 14.4 Å². The molecule has 2 aliphatic rings. The summed E-state index contributed by atoms with van der Waals surface area (Å²) < 4.78 is 10.7. The Kier molecular flexibility index (Phi) is 5.43. The number of rotatable bonds is 7. The van der Waals surface area contributed by atoms with Crippen LogP contribution in [0.4, 0.5) is 4.79 Å². The summed E-state index contributed by atoms with van der Waals surface area (Å²) in [6, 6.07) is 4.09. The van der Waals surface area contributed by atoms with Crippen LogP contribution in [0.3, 0.4) is 0 Å². The first-order chi connectivity index (χ1) is 13.0. The molecule has 5 heteroatoms. The zero-order chi connectivity index (χ0) is 19.7. The fourth-order valence-corrected chi connectivity index (χ4v) is 6.11. The van der Waals surface area contributed by atoms with Crippen LogP contribution in [0.15, 0.2) is 49.6 Å². The fraction of sp³-hybridized carbons (Fsp3) is 0.409. The van der Waals surface area contributed by atoms with Crippen LogP contribution in [-0.4, -0.2) is 35.7 Å². The van der Waals surface area contributed by atoms with Crippen LogP contribution in [0.2, 0.25) is 0 Å². The Hall–Kier alpha value is -2.14. The summed E-state index contributed by atoms with van der Waals surface area (Å²) in [6.07, 6.45) is 10.2. The Morgan fingerprint density at radius 3 is 2.37 bits per heavy atom. The van der Waals surface area contributed by atoms with Crippen LogP contribution in [0.1, 0.15) is 30.9 Å². The van der Waals surface area contributed by atoms with Crippen molar-refractivity contribution in [3.8, 4) is 11.5 Å². The fourth-order valence-electron chi connectivity index (χ4n) is 4.58. The molecule has 2 aliphatic heterocycles. The number of thioether (sulfide) groups is 1. The number of fused-ring (bicyclic) bond motifs is 3. The monoisotopic (exact) mass is 385 g/mol. The van der Waals surface area contributed by atoms with Crippen LogP contribution < -0.4 is 9.47 Å². The molecule has 1 aromatic carbocycles. The van der Waals surface area contributed by atoms with E-state index in [2.05, 4.69) is 25.3 Å². The third kappa shape index (κ3) is 2.71. The van der Waals surface area contributed by atoms with Crippen molar-refractivity contribution < 1.29 is 14.3 Å². The third-order valence-electron chi connectivity index (χ3n) is 5.60. The Labute approximate surface area is 165 Å². The average molecular weight is 386 g/mol. The second kappa shape index (κ2) is 7.47. The highest BCUT2D eigenvalue weighted by Crippen LogP contribution is 2.61. The maximum atomic E-state index is 13.1. The van der Waals surface area contributed by atoms with Gasteiger partial charge in [-0.15, -0.1) is 13.2 Å². The molecule has 4 nitrogen and oxygen atoms in total. The average Bonchev–Trinajstić information content (AvgIpc) is 2.89. The molecule has 1 atom stereocenters. The molecule has 0 unspecified atom stereocenters. The Balaban J connectivity index is 2.36. The van der Waals surface area contributed by atoms with E-state index in [4.69, 9.17) is 9.47 Å². The largest absolute Gasteiger partial charge is 0.493 e. The molecule has 0 aliphatic carbocycles. The van der Waals surface area contributed by atoms with E-state index < -0.39 is 10.3 Å². The summed E-state index contributed by atoms with van der Waals surface area (Å²) in [6.45, 7) is 10.6. The number of nitrogens with zero attached hydrogens (tertiary/aromatic N) is 1. The predicted molar refractivity (Wildman–Crippen MR) is 112 cm³/mol. The second-order valence-electron chi connectivity index (χ2n) is 6.88. The van der Waals surface area contributed by atoms with Gasteiger partial charge in [-0.3, -0.25) is 4.79 Å². The topological polar surface area (TPSA) is 38.8 Å². The van der Waals surface area contributed by atoms with Crippen LogP contribution in [0.5, 0.6) is 11.5 Å². The highest BCUT2D eigenvalue weighted by Gasteiger charge is 2.63. The highest BCUT2D eigenvalue weighted by atomic mass is 32.2. The van der Waals surface area contributed by atoms with Crippen molar-refractivity contribution in [3.63, 3.8) is 0 Å². The minimum atomic E-state index is -0.570. The summed E-state index contributed by atoms with van der Waals surface area (Å²) in [5.41, 5.74) is 1.72. The van der Waals surface area contributed by atoms with Gasteiger partial charge >= 0.3 is 0 Å². The van der Waals surface area contributed by atoms with Crippen molar-refractivity contribution in [1.29, 1.82) is 0 Å². The van der Waals surface area contributed by atoms with Gasteiger partial charge in [0.05, 0.1) is 19.0 Å². The lowest BCUT2D eigenvalue weighted by Crippen LogP contribution is -2.56. The SMILES string of the molecule is C=CCC1(CC=C)SC(=O)N2CCc3cc(OC)c(OC)cc3[C@@]21/C=C/C. The van der Waals surface area contributed by atoms with Crippen molar-refractivity contribution in [2.75, 3.05) is 20.8 Å². The minimum Gasteiger partial charge on any atom is -0.493 e. The van der Waals surface area contributed by atoms with Crippen molar-refractivity contribution in [2.24, 2.45) is 0 Å². The van der Waals surface area contributed by atoms with E-state index in [9.17, 15) is 4.79 Å². The number of carbonyl (C=O) groups excluding carboxylic acids is 1. The summed E-state index contributed by atoms with van der Waals surface area (Å²) in [7, 11) is 3.29. The summed E-state index contributed by atoms with van der Waals surface area (Å²) in [5, 5.41) is 0.109. The van der Waals surface area contributed by atoms with E-state index in [0.29, 0.717) is 25.1 Å². The lowest BCUT2D eigenvalue weighted by Gasteiger charge is -2.50. The van der Waals surface area contributed by atoms with E-state index in [1.54, 1.807) is 14.2 Å². The van der Waals surface area contributed by atoms with Gasteiger partial charge in [0, 0.05) is 6.54 Å². The van der Waals surface area contributed by atoms with E-state index in [1.165, 1.54) is 17.3 Å².